The second-order valence-electron chi connectivity index (χ2n) is 7.56. The van der Waals surface area contributed by atoms with E-state index in [1.54, 1.807) is 25.1 Å². The molecule has 2 heterocycles. The molecule has 0 bridgehead atoms. The fourth-order valence-electron chi connectivity index (χ4n) is 3.93. The molecule has 1 N–H and O–H groups in total. The molecule has 1 aromatic heterocycles. The highest BCUT2D eigenvalue weighted by Crippen LogP contribution is 2.37. The normalized spacial score (nSPS) is 18.1. The first-order valence-corrected chi connectivity index (χ1v) is 9.60. The van der Waals surface area contributed by atoms with E-state index in [9.17, 15) is 9.59 Å². The van der Waals surface area contributed by atoms with Crippen molar-refractivity contribution in [1.29, 1.82) is 0 Å². The van der Waals surface area contributed by atoms with Gasteiger partial charge in [-0.05, 0) is 30.7 Å². The summed E-state index contributed by atoms with van der Waals surface area (Å²) < 4.78 is 17.0. The molecule has 5 rings (SSSR count). The number of nitrogens with one attached hydrogen (secondary N) is 1. The van der Waals surface area contributed by atoms with Crippen LogP contribution in [0.2, 0.25) is 0 Å². The molecule has 1 amide bonds. The third-order valence-corrected chi connectivity index (χ3v) is 5.51. The lowest BCUT2D eigenvalue weighted by molar-refractivity contribution is -0.134. The van der Waals surface area contributed by atoms with Crippen molar-refractivity contribution in [3.63, 3.8) is 0 Å². The average molecular weight is 401 g/mol. The van der Waals surface area contributed by atoms with Crippen LogP contribution in [0, 0.1) is 0 Å². The number of para-hydroxylation sites is 1. The van der Waals surface area contributed by atoms with Gasteiger partial charge in [-0.3, -0.25) is 4.79 Å². The summed E-state index contributed by atoms with van der Waals surface area (Å²) in [5.41, 5.74) is 1.77. The fourth-order valence-corrected chi connectivity index (χ4v) is 3.93. The number of amides is 1. The molecular weight excluding hydrogens is 382 g/mol. The van der Waals surface area contributed by atoms with Crippen LogP contribution in [0.5, 0.6) is 5.75 Å². The van der Waals surface area contributed by atoms with E-state index < -0.39 is 17.5 Å². The molecule has 0 saturated heterocycles. The summed E-state index contributed by atoms with van der Waals surface area (Å²) in [4.78, 5) is 25.6. The lowest BCUT2D eigenvalue weighted by atomic mass is 9.89. The quantitative estimate of drug-likeness (QED) is 0.503. The van der Waals surface area contributed by atoms with Crippen molar-refractivity contribution < 1.29 is 23.5 Å². The lowest BCUT2D eigenvalue weighted by Gasteiger charge is -2.33. The number of esters is 1. The van der Waals surface area contributed by atoms with E-state index in [0.29, 0.717) is 22.6 Å². The summed E-state index contributed by atoms with van der Waals surface area (Å²) in [5, 5.41) is 4.72. The molecule has 0 radical (unpaired) electrons. The highest BCUT2D eigenvalue weighted by molar-refractivity contribution is 6.09. The van der Waals surface area contributed by atoms with Crippen LogP contribution in [0.15, 0.2) is 65.1 Å². The van der Waals surface area contributed by atoms with Crippen LogP contribution in [0.3, 0.4) is 0 Å². The topological polar surface area (TPSA) is 77.8 Å². The Morgan fingerprint density at radius 2 is 1.80 bits per heavy atom. The fraction of sp³-hybridized carbons (Fsp3) is 0.167. The Morgan fingerprint density at radius 3 is 2.63 bits per heavy atom. The average Bonchev–Trinajstić information content (AvgIpc) is 3.10. The molecule has 0 aliphatic carbocycles. The molecule has 0 fully saturated rings. The largest absolute Gasteiger partial charge is 0.495 e. The van der Waals surface area contributed by atoms with E-state index in [2.05, 4.69) is 5.32 Å². The van der Waals surface area contributed by atoms with Gasteiger partial charge in [-0.25, -0.2) is 4.79 Å². The monoisotopic (exact) mass is 401 g/mol. The number of carbonyl (C=O) groups is 2. The van der Waals surface area contributed by atoms with Crippen molar-refractivity contribution in [2.45, 2.75) is 18.9 Å². The number of methoxy groups -OCH3 is 1. The molecule has 150 valence electrons. The van der Waals surface area contributed by atoms with E-state index in [4.69, 9.17) is 13.9 Å². The number of cyclic esters (lactones) is 1. The van der Waals surface area contributed by atoms with Gasteiger partial charge in [0.25, 0.3) is 5.91 Å². The molecule has 4 aromatic rings. The van der Waals surface area contributed by atoms with E-state index in [1.807, 2.05) is 42.5 Å². The molecule has 0 spiro atoms. The Hall–Kier alpha value is -3.80. The SMILES string of the molecule is COc1cc2c(cc1NC(=O)[C@]1(C)Cc3ccccc3C(=O)O1)oc1ccccc12. The minimum Gasteiger partial charge on any atom is -0.495 e. The number of carbonyl (C=O) groups excluding carboxylic acids is 2. The Morgan fingerprint density at radius 1 is 1.03 bits per heavy atom. The summed E-state index contributed by atoms with van der Waals surface area (Å²) >= 11 is 0. The van der Waals surface area contributed by atoms with Gasteiger partial charge in [0.15, 0.2) is 5.60 Å². The maximum Gasteiger partial charge on any atom is 0.339 e. The Bertz CT molecular complexity index is 1320. The molecule has 6 nitrogen and oxygen atoms in total. The summed E-state index contributed by atoms with van der Waals surface area (Å²) in [5.74, 6) is -0.443. The zero-order valence-corrected chi connectivity index (χ0v) is 16.5. The van der Waals surface area contributed by atoms with Crippen LogP contribution in [0.1, 0.15) is 22.8 Å². The second-order valence-corrected chi connectivity index (χ2v) is 7.56. The van der Waals surface area contributed by atoms with Crippen LogP contribution in [0.25, 0.3) is 21.9 Å². The van der Waals surface area contributed by atoms with E-state index in [0.717, 1.165) is 21.9 Å². The lowest BCUT2D eigenvalue weighted by Crippen LogP contribution is -2.48. The van der Waals surface area contributed by atoms with Crippen molar-refractivity contribution in [3.8, 4) is 5.75 Å². The zero-order valence-electron chi connectivity index (χ0n) is 16.5. The maximum atomic E-state index is 13.1. The standard InChI is InChI=1S/C24H19NO5/c1-24(13-14-7-3-4-8-15(14)22(26)30-24)23(27)25-18-12-20-17(11-21(18)28-2)16-9-5-6-10-19(16)29-20/h3-12H,13H2,1-2H3,(H,25,27)/t24-/m0/s1. The molecule has 1 aliphatic heterocycles. The van der Waals surface area contributed by atoms with Gasteiger partial charge >= 0.3 is 5.97 Å². The number of anilines is 1. The number of fused-ring (bicyclic) bond motifs is 4. The van der Waals surface area contributed by atoms with Gasteiger partial charge < -0.3 is 19.2 Å². The number of ether oxygens (including phenoxy) is 2. The van der Waals surface area contributed by atoms with Gasteiger partial charge in [0.05, 0.1) is 18.4 Å². The Balaban J connectivity index is 1.51. The van der Waals surface area contributed by atoms with Crippen LogP contribution in [0.4, 0.5) is 5.69 Å². The molecule has 0 unspecified atom stereocenters. The number of furan rings is 1. The predicted octanol–water partition coefficient (Wildman–Crippen LogP) is 4.70. The third-order valence-electron chi connectivity index (χ3n) is 5.51. The highest BCUT2D eigenvalue weighted by Gasteiger charge is 2.42. The van der Waals surface area contributed by atoms with Gasteiger partial charge in [0.1, 0.15) is 16.9 Å². The minimum atomic E-state index is -1.33. The summed E-state index contributed by atoms with van der Waals surface area (Å²) in [6, 6.07) is 18.4. The molecule has 1 aliphatic rings. The van der Waals surface area contributed by atoms with E-state index in [-0.39, 0.29) is 6.42 Å². The van der Waals surface area contributed by atoms with Crippen LogP contribution in [-0.4, -0.2) is 24.6 Å². The number of hydrogen-bond acceptors (Lipinski definition) is 5. The van der Waals surface area contributed by atoms with Gasteiger partial charge in [-0.1, -0.05) is 36.4 Å². The summed E-state index contributed by atoms with van der Waals surface area (Å²) in [6.07, 6.45) is 0.288. The highest BCUT2D eigenvalue weighted by atomic mass is 16.6. The third kappa shape index (κ3) is 2.80. The Kier molecular flexibility index (Phi) is 4.03. The van der Waals surface area contributed by atoms with Crippen LogP contribution < -0.4 is 10.1 Å². The van der Waals surface area contributed by atoms with Gasteiger partial charge in [0.2, 0.25) is 0 Å². The first kappa shape index (κ1) is 18.2. The first-order valence-electron chi connectivity index (χ1n) is 9.60. The van der Waals surface area contributed by atoms with Crippen LogP contribution >= 0.6 is 0 Å². The van der Waals surface area contributed by atoms with Gasteiger partial charge in [0, 0.05) is 23.3 Å². The van der Waals surface area contributed by atoms with Gasteiger partial charge in [-0.15, -0.1) is 0 Å². The van der Waals surface area contributed by atoms with Crippen LogP contribution in [-0.2, 0) is 16.0 Å². The molecule has 3 aromatic carbocycles. The smallest absolute Gasteiger partial charge is 0.339 e. The van der Waals surface area contributed by atoms with Crippen molar-refractivity contribution >= 4 is 39.5 Å². The number of benzene rings is 3. The first-order chi connectivity index (χ1) is 14.5. The Labute approximate surface area is 172 Å². The second kappa shape index (κ2) is 6.62. The molecule has 0 saturated carbocycles. The molecular formula is C24H19NO5. The van der Waals surface area contributed by atoms with E-state index >= 15 is 0 Å². The summed E-state index contributed by atoms with van der Waals surface area (Å²) in [7, 11) is 1.54. The van der Waals surface area contributed by atoms with Crippen molar-refractivity contribution in [3.05, 3.63) is 71.8 Å². The molecule has 30 heavy (non-hydrogen) atoms. The van der Waals surface area contributed by atoms with Crippen molar-refractivity contribution in [1.82, 2.24) is 0 Å². The van der Waals surface area contributed by atoms with E-state index in [1.165, 1.54) is 7.11 Å². The summed E-state index contributed by atoms with van der Waals surface area (Å²) in [6.45, 7) is 1.61. The number of hydrogen-bond donors (Lipinski definition) is 1. The van der Waals surface area contributed by atoms with Crippen molar-refractivity contribution in [2.24, 2.45) is 0 Å². The molecule has 1 atom stereocenters. The minimum absolute atomic E-state index is 0.288. The van der Waals surface area contributed by atoms with Gasteiger partial charge in [-0.2, -0.15) is 0 Å². The number of rotatable bonds is 3. The zero-order chi connectivity index (χ0) is 20.9. The maximum absolute atomic E-state index is 13.1. The predicted molar refractivity (Wildman–Crippen MR) is 113 cm³/mol. The molecule has 6 heteroatoms. The van der Waals surface area contributed by atoms with Crippen molar-refractivity contribution in [2.75, 3.05) is 12.4 Å².